The Hall–Kier alpha value is -2.99. The van der Waals surface area contributed by atoms with Crippen LogP contribution in [0.25, 0.3) is 11.1 Å². The molecule has 4 rings (SSSR count). The van der Waals surface area contributed by atoms with E-state index in [1.165, 1.54) is 5.56 Å². The molecule has 27 heavy (non-hydrogen) atoms. The van der Waals surface area contributed by atoms with Crippen molar-refractivity contribution in [2.75, 3.05) is 0 Å². The summed E-state index contributed by atoms with van der Waals surface area (Å²) in [5.74, 6) is 0.764. The van der Waals surface area contributed by atoms with Crippen molar-refractivity contribution < 1.29 is 9.90 Å². The predicted octanol–water partition coefficient (Wildman–Crippen LogP) is 3.03. The zero-order valence-electron chi connectivity index (χ0n) is 15.5. The third-order valence-corrected chi connectivity index (χ3v) is 5.14. The molecular weight excluding hydrogens is 340 g/mol. The minimum absolute atomic E-state index is 0.376. The van der Waals surface area contributed by atoms with Crippen LogP contribution < -0.4 is 0 Å². The van der Waals surface area contributed by atoms with Gasteiger partial charge in [-0.15, -0.1) is 10.2 Å². The molecule has 0 bridgehead atoms. The van der Waals surface area contributed by atoms with Gasteiger partial charge in [-0.2, -0.15) is 0 Å². The van der Waals surface area contributed by atoms with E-state index >= 15 is 0 Å². The minimum Gasteiger partial charge on any atom is -0.480 e. The highest BCUT2D eigenvalue weighted by Crippen LogP contribution is 2.24. The Morgan fingerprint density at radius 3 is 2.63 bits per heavy atom. The normalized spacial score (nSPS) is 16.9. The topological polar surface area (TPSA) is 71.2 Å². The monoisotopic (exact) mass is 362 g/mol. The number of aliphatic carboxylic acids is 1. The standard InChI is InChI=1S/C21H22N4O2/c1-14-6-8-17(9-7-14)18-5-3-4-16(10-18)11-24-13-20-23-22-15(2)25(20)12-19(24)21(26)27/h3-10,19H,11-13H2,1-2H3,(H,26,27). The lowest BCUT2D eigenvalue weighted by molar-refractivity contribution is -0.145. The zero-order chi connectivity index (χ0) is 19.0. The maximum atomic E-state index is 11.8. The van der Waals surface area contributed by atoms with Crippen molar-refractivity contribution in [2.45, 2.75) is 39.5 Å². The molecule has 1 aromatic heterocycles. The number of aryl methyl sites for hydroxylation is 2. The van der Waals surface area contributed by atoms with E-state index in [4.69, 9.17) is 0 Å². The van der Waals surface area contributed by atoms with Crippen molar-refractivity contribution >= 4 is 5.97 Å². The molecule has 1 aliphatic heterocycles. The van der Waals surface area contributed by atoms with Crippen LogP contribution in [0.1, 0.15) is 22.8 Å². The summed E-state index contributed by atoms with van der Waals surface area (Å²) in [6, 6.07) is 16.1. The van der Waals surface area contributed by atoms with E-state index in [9.17, 15) is 9.90 Å². The van der Waals surface area contributed by atoms with Gasteiger partial charge in [0.1, 0.15) is 17.7 Å². The Bertz CT molecular complexity index is 978. The van der Waals surface area contributed by atoms with Crippen molar-refractivity contribution in [1.82, 2.24) is 19.7 Å². The molecule has 3 aromatic rings. The fourth-order valence-corrected chi connectivity index (χ4v) is 3.59. The van der Waals surface area contributed by atoms with Crippen LogP contribution in [-0.4, -0.2) is 36.8 Å². The summed E-state index contributed by atoms with van der Waals surface area (Å²) < 4.78 is 1.90. The summed E-state index contributed by atoms with van der Waals surface area (Å²) in [5.41, 5.74) is 4.61. The molecule has 0 spiro atoms. The van der Waals surface area contributed by atoms with Crippen molar-refractivity contribution in [3.8, 4) is 11.1 Å². The van der Waals surface area contributed by atoms with Crippen molar-refractivity contribution in [3.63, 3.8) is 0 Å². The number of carboxylic acid groups (broad SMARTS) is 1. The number of hydrogen-bond acceptors (Lipinski definition) is 4. The highest BCUT2D eigenvalue weighted by molar-refractivity contribution is 5.73. The Morgan fingerprint density at radius 1 is 1.11 bits per heavy atom. The van der Waals surface area contributed by atoms with Crippen LogP contribution in [0, 0.1) is 13.8 Å². The minimum atomic E-state index is -0.816. The first-order chi connectivity index (χ1) is 13.0. The molecule has 1 atom stereocenters. The maximum Gasteiger partial charge on any atom is 0.322 e. The Labute approximate surface area is 158 Å². The molecule has 0 saturated carbocycles. The number of aromatic nitrogens is 3. The van der Waals surface area contributed by atoms with Gasteiger partial charge in [0.05, 0.1) is 13.1 Å². The van der Waals surface area contributed by atoms with Gasteiger partial charge >= 0.3 is 5.97 Å². The van der Waals surface area contributed by atoms with Gasteiger partial charge in [0.2, 0.25) is 0 Å². The highest BCUT2D eigenvalue weighted by atomic mass is 16.4. The molecule has 0 aliphatic carbocycles. The van der Waals surface area contributed by atoms with Gasteiger partial charge in [-0.3, -0.25) is 9.69 Å². The number of fused-ring (bicyclic) bond motifs is 1. The van der Waals surface area contributed by atoms with Gasteiger partial charge in [0.25, 0.3) is 0 Å². The third kappa shape index (κ3) is 3.48. The van der Waals surface area contributed by atoms with E-state index < -0.39 is 12.0 Å². The Kier molecular flexibility index (Phi) is 4.49. The van der Waals surface area contributed by atoms with Crippen LogP contribution in [0.2, 0.25) is 0 Å². The largest absolute Gasteiger partial charge is 0.480 e. The van der Waals surface area contributed by atoms with Crippen LogP contribution in [0.15, 0.2) is 48.5 Å². The summed E-state index contributed by atoms with van der Waals surface area (Å²) in [4.78, 5) is 13.8. The highest BCUT2D eigenvalue weighted by Gasteiger charge is 2.33. The Balaban J connectivity index is 1.60. The van der Waals surface area contributed by atoms with E-state index in [1.807, 2.05) is 28.5 Å². The quantitative estimate of drug-likeness (QED) is 0.772. The molecule has 0 amide bonds. The lowest BCUT2D eigenvalue weighted by Gasteiger charge is -2.33. The van der Waals surface area contributed by atoms with E-state index in [-0.39, 0.29) is 0 Å². The number of hydrogen-bond donors (Lipinski definition) is 1. The van der Waals surface area contributed by atoms with Gasteiger partial charge in [-0.25, -0.2) is 0 Å². The number of carbonyl (C=O) groups is 1. The zero-order valence-corrected chi connectivity index (χ0v) is 15.5. The second-order valence-electron chi connectivity index (χ2n) is 7.10. The van der Waals surface area contributed by atoms with E-state index in [2.05, 4.69) is 53.5 Å². The van der Waals surface area contributed by atoms with Gasteiger partial charge in [0.15, 0.2) is 0 Å². The number of nitrogens with zero attached hydrogens (tertiary/aromatic N) is 4. The summed E-state index contributed by atoms with van der Waals surface area (Å²) in [5, 5.41) is 18.0. The van der Waals surface area contributed by atoms with Gasteiger partial charge < -0.3 is 9.67 Å². The summed E-state index contributed by atoms with van der Waals surface area (Å²) in [7, 11) is 0. The van der Waals surface area contributed by atoms with Crippen LogP contribution >= 0.6 is 0 Å². The van der Waals surface area contributed by atoms with Crippen LogP contribution in [0.4, 0.5) is 0 Å². The van der Waals surface area contributed by atoms with Crippen molar-refractivity contribution in [3.05, 3.63) is 71.3 Å². The number of carboxylic acids is 1. The SMILES string of the molecule is Cc1ccc(-c2cccc(CN3Cc4nnc(C)n4CC3C(=O)O)c2)cc1. The van der Waals surface area contributed by atoms with E-state index in [1.54, 1.807) is 0 Å². The summed E-state index contributed by atoms with van der Waals surface area (Å²) in [6.07, 6.45) is 0. The first-order valence-electron chi connectivity index (χ1n) is 9.03. The molecule has 1 unspecified atom stereocenters. The van der Waals surface area contributed by atoms with Crippen LogP contribution in [0.3, 0.4) is 0 Å². The predicted molar refractivity (Wildman–Crippen MR) is 102 cm³/mol. The Morgan fingerprint density at radius 2 is 1.89 bits per heavy atom. The number of rotatable bonds is 4. The lowest BCUT2D eigenvalue weighted by Crippen LogP contribution is -2.47. The molecule has 6 nitrogen and oxygen atoms in total. The fourth-order valence-electron chi connectivity index (χ4n) is 3.59. The second-order valence-corrected chi connectivity index (χ2v) is 7.10. The van der Waals surface area contributed by atoms with E-state index in [0.29, 0.717) is 19.6 Å². The molecule has 0 saturated heterocycles. The van der Waals surface area contributed by atoms with Crippen LogP contribution in [0.5, 0.6) is 0 Å². The van der Waals surface area contributed by atoms with Crippen molar-refractivity contribution in [1.29, 1.82) is 0 Å². The third-order valence-electron chi connectivity index (χ3n) is 5.14. The average molecular weight is 362 g/mol. The molecule has 0 radical (unpaired) electrons. The smallest absolute Gasteiger partial charge is 0.322 e. The molecule has 138 valence electrons. The summed E-state index contributed by atoms with van der Waals surface area (Å²) in [6.45, 7) is 5.34. The molecule has 2 heterocycles. The molecule has 0 fully saturated rings. The second kappa shape index (κ2) is 6.96. The van der Waals surface area contributed by atoms with Crippen molar-refractivity contribution in [2.24, 2.45) is 0 Å². The van der Waals surface area contributed by atoms with Gasteiger partial charge in [-0.1, -0.05) is 48.0 Å². The van der Waals surface area contributed by atoms with Gasteiger partial charge in [-0.05, 0) is 36.6 Å². The van der Waals surface area contributed by atoms with Crippen LogP contribution in [-0.2, 0) is 24.4 Å². The molecule has 1 aliphatic rings. The molecular formula is C21H22N4O2. The average Bonchev–Trinajstić information content (AvgIpc) is 3.02. The first-order valence-corrected chi connectivity index (χ1v) is 9.03. The van der Waals surface area contributed by atoms with E-state index in [0.717, 1.165) is 28.3 Å². The maximum absolute atomic E-state index is 11.8. The summed E-state index contributed by atoms with van der Waals surface area (Å²) >= 11 is 0. The molecule has 6 heteroatoms. The number of benzene rings is 2. The van der Waals surface area contributed by atoms with Gasteiger partial charge in [0, 0.05) is 6.54 Å². The lowest BCUT2D eigenvalue weighted by atomic mass is 10.0. The fraction of sp³-hybridized carbons (Fsp3) is 0.286. The first kappa shape index (κ1) is 17.4. The molecule has 2 aromatic carbocycles. The molecule has 1 N–H and O–H groups in total.